The summed E-state index contributed by atoms with van der Waals surface area (Å²) in [6, 6.07) is 6.38. The molecule has 14 heteroatoms. The fourth-order valence-corrected chi connectivity index (χ4v) is 9.86. The summed E-state index contributed by atoms with van der Waals surface area (Å²) < 4.78 is 36.8. The van der Waals surface area contributed by atoms with Crippen molar-refractivity contribution >= 4 is 39.1 Å². The topological polar surface area (TPSA) is 160 Å². The minimum Gasteiger partial charge on any atom is -0.379 e. The highest BCUT2D eigenvalue weighted by Gasteiger charge is 2.43. The fourth-order valence-electron chi connectivity index (χ4n) is 8.86. The molecule has 0 radical (unpaired) electrons. The van der Waals surface area contributed by atoms with Crippen LogP contribution in [0.2, 0.25) is 0 Å². The number of amides is 3. The van der Waals surface area contributed by atoms with Gasteiger partial charge in [0.2, 0.25) is 17.7 Å². The Labute approximate surface area is 355 Å². The molecule has 1 N–H and O–H groups in total. The number of likely N-dealkylation sites (tertiary alicyclic amines) is 1. The SMILES string of the molecule is CC[C@H](C)[C@@H]([C@@H](CC(=O)N1CCC[C@H]1[C@H](OC)[C@@H](C)C(=O)CC(CS(C)(=O)=O)C(=O)NCc1ccc(C)cc1)OC)N(C)C(=O)[C@@H](CC(=O)[C@H](C(C)C)N(C)C)C(C)C. The average Bonchev–Trinajstić information content (AvgIpc) is 3.64. The number of hydrogen-bond acceptors (Lipinski definition) is 10. The number of hydrogen-bond donors (Lipinski definition) is 1. The van der Waals surface area contributed by atoms with E-state index in [9.17, 15) is 32.4 Å². The van der Waals surface area contributed by atoms with Crippen molar-refractivity contribution in [1.29, 1.82) is 0 Å². The third-order valence-corrected chi connectivity index (χ3v) is 13.3. The van der Waals surface area contributed by atoms with Crippen molar-refractivity contribution in [2.45, 2.75) is 131 Å². The summed E-state index contributed by atoms with van der Waals surface area (Å²) in [7, 11) is 4.94. The zero-order valence-corrected chi connectivity index (χ0v) is 39.3. The number of nitrogens with one attached hydrogen (secondary N) is 1. The predicted octanol–water partition coefficient (Wildman–Crippen LogP) is 4.97. The van der Waals surface area contributed by atoms with Gasteiger partial charge in [0.25, 0.3) is 0 Å². The normalized spacial score (nSPS) is 18.9. The van der Waals surface area contributed by atoms with Crippen molar-refractivity contribution < 1.29 is 41.9 Å². The first-order valence-electron chi connectivity index (χ1n) is 21.3. The van der Waals surface area contributed by atoms with Gasteiger partial charge in [-0.15, -0.1) is 0 Å². The summed E-state index contributed by atoms with van der Waals surface area (Å²) in [5.74, 6) is -4.10. The molecule has 1 fully saturated rings. The summed E-state index contributed by atoms with van der Waals surface area (Å²) >= 11 is 0. The van der Waals surface area contributed by atoms with E-state index in [4.69, 9.17) is 9.47 Å². The molecule has 0 aliphatic carbocycles. The molecule has 1 aliphatic rings. The molecule has 0 spiro atoms. The lowest BCUT2D eigenvalue weighted by Gasteiger charge is -2.41. The maximum Gasteiger partial charge on any atom is 0.226 e. The Morgan fingerprint density at radius 1 is 0.881 bits per heavy atom. The van der Waals surface area contributed by atoms with Crippen molar-refractivity contribution in [2.24, 2.45) is 35.5 Å². The maximum atomic E-state index is 14.3. The summed E-state index contributed by atoms with van der Waals surface area (Å²) in [5, 5.41) is 2.80. The van der Waals surface area contributed by atoms with Gasteiger partial charge >= 0.3 is 0 Å². The second kappa shape index (κ2) is 23.7. The first-order chi connectivity index (χ1) is 27.5. The summed E-state index contributed by atoms with van der Waals surface area (Å²) in [6.07, 6.45) is 1.48. The monoisotopic (exact) mass is 849 g/mol. The Balaban J connectivity index is 2.29. The second-order valence-corrected chi connectivity index (χ2v) is 20.1. The van der Waals surface area contributed by atoms with E-state index in [1.54, 1.807) is 30.9 Å². The lowest BCUT2D eigenvalue weighted by atomic mass is 9.83. The van der Waals surface area contributed by atoms with Crippen LogP contribution in [0.25, 0.3) is 0 Å². The van der Waals surface area contributed by atoms with Crippen LogP contribution in [0.1, 0.15) is 98.1 Å². The number of nitrogens with zero attached hydrogens (tertiary/aromatic N) is 3. The number of methoxy groups -OCH3 is 2. The molecular weight excluding hydrogens is 773 g/mol. The predicted molar refractivity (Wildman–Crippen MR) is 232 cm³/mol. The van der Waals surface area contributed by atoms with Crippen LogP contribution in [-0.2, 0) is 49.8 Å². The second-order valence-electron chi connectivity index (χ2n) is 17.9. The third kappa shape index (κ3) is 15.0. The minimum atomic E-state index is -3.61. The number of aryl methyl sites for hydroxylation is 1. The largest absolute Gasteiger partial charge is 0.379 e. The van der Waals surface area contributed by atoms with Gasteiger partial charge in [0, 0.05) is 65.3 Å². The Kier molecular flexibility index (Phi) is 20.9. The highest BCUT2D eigenvalue weighted by Crippen LogP contribution is 2.32. The van der Waals surface area contributed by atoms with Crippen molar-refractivity contribution in [1.82, 2.24) is 20.0 Å². The first kappa shape index (κ1) is 51.9. The number of ether oxygens (including phenoxy) is 2. The standard InChI is InChI=1S/C45H76N4O9S/c1-15-31(7)42(48(11)45(54)35(28(2)3)24-38(51)41(29(4)5)47(9)10)39(57-12)25-40(52)49-22-16-17-36(49)43(58-13)32(8)37(50)23-34(27-59(14,55)56)44(53)46-26-33-20-18-30(6)19-21-33/h18-21,28-29,31-32,34-36,39,41-43H,15-17,22-27H2,1-14H3,(H,46,53)/t31-,32-,34?,35-,36-,39+,41-,42-,43+/m0/s1. The molecule has 0 aromatic heterocycles. The molecule has 1 saturated heterocycles. The molecule has 13 nitrogen and oxygen atoms in total. The number of Topliss-reactive ketones (excluding diaryl/α,β-unsaturated/α-hetero) is 2. The van der Waals surface area contributed by atoms with E-state index in [0.717, 1.165) is 23.8 Å². The molecule has 1 aromatic rings. The summed E-state index contributed by atoms with van der Waals surface area (Å²) in [5.41, 5.74) is 1.92. The molecule has 0 bridgehead atoms. The van der Waals surface area contributed by atoms with Crippen molar-refractivity contribution in [3.63, 3.8) is 0 Å². The highest BCUT2D eigenvalue weighted by atomic mass is 32.2. The molecule has 9 atom stereocenters. The molecular formula is C45H76N4O9S. The van der Waals surface area contributed by atoms with E-state index in [2.05, 4.69) is 5.32 Å². The molecule has 59 heavy (non-hydrogen) atoms. The zero-order chi connectivity index (χ0) is 44.9. The van der Waals surface area contributed by atoms with Crippen LogP contribution in [0.3, 0.4) is 0 Å². The number of likely N-dealkylation sites (N-methyl/N-ethyl adjacent to an activating group) is 2. The van der Waals surface area contributed by atoms with E-state index in [1.807, 2.05) is 91.7 Å². The van der Waals surface area contributed by atoms with E-state index < -0.39 is 63.5 Å². The number of benzene rings is 1. The van der Waals surface area contributed by atoms with Crippen molar-refractivity contribution in [3.05, 3.63) is 35.4 Å². The smallest absolute Gasteiger partial charge is 0.226 e. The van der Waals surface area contributed by atoms with Gasteiger partial charge in [0.05, 0.1) is 48.4 Å². The Morgan fingerprint density at radius 3 is 1.98 bits per heavy atom. The number of carbonyl (C=O) groups excluding carboxylic acids is 5. The molecule has 3 amide bonds. The lowest BCUT2D eigenvalue weighted by Crippen LogP contribution is -2.54. The van der Waals surface area contributed by atoms with Crippen LogP contribution < -0.4 is 5.32 Å². The zero-order valence-electron chi connectivity index (χ0n) is 38.4. The first-order valence-corrected chi connectivity index (χ1v) is 23.4. The Bertz CT molecular complexity index is 1640. The van der Waals surface area contributed by atoms with Gasteiger partial charge in [0.15, 0.2) is 5.78 Å². The molecule has 1 aromatic carbocycles. The Hall–Kier alpha value is -3.20. The van der Waals surface area contributed by atoms with Gasteiger partial charge in [0.1, 0.15) is 15.6 Å². The van der Waals surface area contributed by atoms with Crippen molar-refractivity contribution in [2.75, 3.05) is 53.9 Å². The molecule has 1 unspecified atom stereocenters. The van der Waals surface area contributed by atoms with Crippen LogP contribution >= 0.6 is 0 Å². The number of sulfone groups is 1. The van der Waals surface area contributed by atoms with Crippen LogP contribution in [0, 0.1) is 42.4 Å². The molecule has 1 aliphatic heterocycles. The molecule has 0 saturated carbocycles. The van der Waals surface area contributed by atoms with Crippen LogP contribution in [0.15, 0.2) is 24.3 Å². The van der Waals surface area contributed by atoms with Gasteiger partial charge in [-0.25, -0.2) is 8.42 Å². The fraction of sp³-hybridized carbons (Fsp3) is 0.756. The van der Waals surface area contributed by atoms with Crippen LogP contribution in [0.4, 0.5) is 0 Å². The lowest BCUT2D eigenvalue weighted by molar-refractivity contribution is -0.149. The molecule has 336 valence electrons. The third-order valence-electron chi connectivity index (χ3n) is 12.3. The summed E-state index contributed by atoms with van der Waals surface area (Å²) in [4.78, 5) is 74.8. The molecule has 1 heterocycles. The number of carbonyl (C=O) groups is 5. The Morgan fingerprint density at radius 2 is 1.49 bits per heavy atom. The van der Waals surface area contributed by atoms with E-state index >= 15 is 0 Å². The van der Waals surface area contributed by atoms with E-state index in [-0.39, 0.29) is 73.0 Å². The summed E-state index contributed by atoms with van der Waals surface area (Å²) in [6.45, 7) is 16.3. The number of ketones is 2. The van der Waals surface area contributed by atoms with E-state index in [0.29, 0.717) is 19.4 Å². The van der Waals surface area contributed by atoms with Crippen LogP contribution in [0.5, 0.6) is 0 Å². The van der Waals surface area contributed by atoms with Gasteiger partial charge in [-0.3, -0.25) is 28.9 Å². The highest BCUT2D eigenvalue weighted by molar-refractivity contribution is 7.90. The quantitative estimate of drug-likeness (QED) is 0.142. The number of rotatable bonds is 25. The molecule has 2 rings (SSSR count). The minimum absolute atomic E-state index is 0.0166. The van der Waals surface area contributed by atoms with Gasteiger partial charge in [-0.2, -0.15) is 0 Å². The van der Waals surface area contributed by atoms with Gasteiger partial charge in [-0.05, 0) is 57.2 Å². The average molecular weight is 849 g/mol. The van der Waals surface area contributed by atoms with Crippen molar-refractivity contribution in [3.8, 4) is 0 Å². The van der Waals surface area contributed by atoms with E-state index in [1.165, 1.54) is 7.11 Å². The maximum absolute atomic E-state index is 14.3. The van der Waals surface area contributed by atoms with Gasteiger partial charge < -0.3 is 24.6 Å². The van der Waals surface area contributed by atoms with Crippen LogP contribution in [-0.4, -0.2) is 137 Å². The van der Waals surface area contributed by atoms with Gasteiger partial charge in [-0.1, -0.05) is 84.7 Å².